The number of anilines is 1. The molecule has 1 aliphatic heterocycles. The SMILES string of the molecule is CC(=O)c1cc2c(cc1NC(=O)[C@H](C)Oc1cccc(Cl)c1)OCO2. The maximum atomic E-state index is 12.4. The highest BCUT2D eigenvalue weighted by Gasteiger charge is 2.22. The Labute approximate surface area is 149 Å². The summed E-state index contributed by atoms with van der Waals surface area (Å²) in [7, 11) is 0. The Morgan fingerprint density at radius 1 is 1.20 bits per heavy atom. The van der Waals surface area contributed by atoms with Gasteiger partial charge in [-0.25, -0.2) is 0 Å². The van der Waals surface area contributed by atoms with Gasteiger partial charge in [-0.2, -0.15) is 0 Å². The van der Waals surface area contributed by atoms with Crippen LogP contribution in [-0.4, -0.2) is 24.6 Å². The number of amides is 1. The van der Waals surface area contributed by atoms with Crippen molar-refractivity contribution in [2.45, 2.75) is 20.0 Å². The van der Waals surface area contributed by atoms with Gasteiger partial charge in [-0.05, 0) is 38.1 Å². The number of carbonyl (C=O) groups is 2. The second kappa shape index (κ2) is 7.03. The number of ketones is 1. The summed E-state index contributed by atoms with van der Waals surface area (Å²) in [5, 5.41) is 3.22. The quantitative estimate of drug-likeness (QED) is 0.822. The van der Waals surface area contributed by atoms with Crippen molar-refractivity contribution in [3.05, 3.63) is 47.0 Å². The number of hydrogen-bond acceptors (Lipinski definition) is 5. The maximum Gasteiger partial charge on any atom is 0.265 e. The van der Waals surface area contributed by atoms with E-state index in [9.17, 15) is 9.59 Å². The van der Waals surface area contributed by atoms with Crippen molar-refractivity contribution in [3.8, 4) is 17.2 Å². The van der Waals surface area contributed by atoms with Gasteiger partial charge in [0.05, 0.1) is 5.69 Å². The van der Waals surface area contributed by atoms with Gasteiger partial charge in [0, 0.05) is 16.7 Å². The number of fused-ring (bicyclic) bond motifs is 1. The predicted octanol–water partition coefficient (Wildman–Crippen LogP) is 3.68. The lowest BCUT2D eigenvalue weighted by molar-refractivity contribution is -0.122. The number of carbonyl (C=O) groups excluding carboxylic acids is 2. The largest absolute Gasteiger partial charge is 0.481 e. The summed E-state index contributed by atoms with van der Waals surface area (Å²) >= 11 is 5.90. The van der Waals surface area contributed by atoms with E-state index in [1.807, 2.05) is 0 Å². The van der Waals surface area contributed by atoms with Crippen LogP contribution in [0.3, 0.4) is 0 Å². The van der Waals surface area contributed by atoms with Gasteiger partial charge >= 0.3 is 0 Å². The van der Waals surface area contributed by atoms with E-state index in [2.05, 4.69) is 5.32 Å². The van der Waals surface area contributed by atoms with E-state index >= 15 is 0 Å². The van der Waals surface area contributed by atoms with Crippen LogP contribution in [0.1, 0.15) is 24.2 Å². The minimum atomic E-state index is -0.788. The fourth-order valence-electron chi connectivity index (χ4n) is 2.37. The first-order chi connectivity index (χ1) is 11.9. The number of halogens is 1. The molecule has 0 aromatic heterocycles. The standard InChI is InChI=1S/C18H16ClNO5/c1-10(21)14-7-16-17(24-9-23-16)8-15(14)20-18(22)11(2)25-13-5-3-4-12(19)6-13/h3-8,11H,9H2,1-2H3,(H,20,22)/t11-/m0/s1. The molecule has 0 saturated carbocycles. The molecule has 2 aromatic carbocycles. The van der Waals surface area contributed by atoms with Gasteiger partial charge in [0.15, 0.2) is 23.4 Å². The summed E-state index contributed by atoms with van der Waals surface area (Å²) in [6.45, 7) is 3.11. The Bertz CT molecular complexity index is 836. The van der Waals surface area contributed by atoms with Gasteiger partial charge in [0.1, 0.15) is 5.75 Å². The second-order valence-electron chi connectivity index (χ2n) is 5.51. The van der Waals surface area contributed by atoms with E-state index in [-0.39, 0.29) is 12.6 Å². The normalized spacial score (nSPS) is 13.2. The molecule has 1 atom stereocenters. The Morgan fingerprint density at radius 3 is 2.60 bits per heavy atom. The molecule has 6 nitrogen and oxygen atoms in total. The first-order valence-electron chi connectivity index (χ1n) is 7.61. The zero-order valence-corrected chi connectivity index (χ0v) is 14.4. The maximum absolute atomic E-state index is 12.4. The van der Waals surface area contributed by atoms with Gasteiger partial charge in [-0.15, -0.1) is 0 Å². The summed E-state index contributed by atoms with van der Waals surface area (Å²) < 4.78 is 16.1. The first kappa shape index (κ1) is 17.1. The molecule has 1 heterocycles. The van der Waals surface area contributed by atoms with Crippen molar-refractivity contribution >= 4 is 29.0 Å². The van der Waals surface area contributed by atoms with Crippen LogP contribution in [0.5, 0.6) is 17.2 Å². The number of nitrogens with one attached hydrogen (secondary N) is 1. The molecule has 1 N–H and O–H groups in total. The lowest BCUT2D eigenvalue weighted by Crippen LogP contribution is -2.30. The zero-order chi connectivity index (χ0) is 18.0. The van der Waals surface area contributed by atoms with Crippen LogP contribution >= 0.6 is 11.6 Å². The minimum absolute atomic E-state index is 0.0817. The van der Waals surface area contributed by atoms with Crippen LogP contribution in [0.25, 0.3) is 0 Å². The molecule has 130 valence electrons. The average Bonchev–Trinajstić information content (AvgIpc) is 3.01. The van der Waals surface area contributed by atoms with E-state index in [0.717, 1.165) is 0 Å². The molecule has 25 heavy (non-hydrogen) atoms. The smallest absolute Gasteiger partial charge is 0.265 e. The van der Waals surface area contributed by atoms with Crippen LogP contribution in [0.15, 0.2) is 36.4 Å². The number of rotatable bonds is 5. The summed E-state index contributed by atoms with van der Waals surface area (Å²) in [6.07, 6.45) is -0.788. The molecule has 0 bridgehead atoms. The zero-order valence-electron chi connectivity index (χ0n) is 13.7. The molecule has 1 aliphatic rings. The minimum Gasteiger partial charge on any atom is -0.481 e. The summed E-state index contributed by atoms with van der Waals surface area (Å²) in [4.78, 5) is 24.3. The van der Waals surface area contributed by atoms with Gasteiger partial charge in [0.25, 0.3) is 5.91 Å². The monoisotopic (exact) mass is 361 g/mol. The highest BCUT2D eigenvalue weighted by atomic mass is 35.5. The molecule has 7 heteroatoms. The number of ether oxygens (including phenoxy) is 3. The summed E-state index contributed by atoms with van der Waals surface area (Å²) in [5.41, 5.74) is 0.691. The van der Waals surface area contributed by atoms with Crippen molar-refractivity contribution in [1.82, 2.24) is 0 Å². The van der Waals surface area contributed by atoms with E-state index in [1.54, 1.807) is 43.3 Å². The van der Waals surface area contributed by atoms with Crippen molar-refractivity contribution in [1.29, 1.82) is 0 Å². The van der Waals surface area contributed by atoms with Crippen molar-refractivity contribution < 1.29 is 23.8 Å². The summed E-state index contributed by atoms with van der Waals surface area (Å²) in [6, 6.07) is 9.90. The molecular weight excluding hydrogens is 346 g/mol. The van der Waals surface area contributed by atoms with Gasteiger partial charge in [-0.3, -0.25) is 9.59 Å². The molecule has 0 spiro atoms. The molecule has 3 rings (SSSR count). The number of hydrogen-bond donors (Lipinski definition) is 1. The number of Topliss-reactive ketones (excluding diaryl/α,β-unsaturated/α-hetero) is 1. The third kappa shape index (κ3) is 3.85. The Hall–Kier alpha value is -2.73. The Kier molecular flexibility index (Phi) is 4.81. The van der Waals surface area contributed by atoms with E-state index in [1.165, 1.54) is 6.92 Å². The molecule has 0 saturated heterocycles. The predicted molar refractivity (Wildman–Crippen MR) is 92.7 cm³/mol. The van der Waals surface area contributed by atoms with Crippen molar-refractivity contribution in [3.63, 3.8) is 0 Å². The van der Waals surface area contributed by atoms with E-state index < -0.39 is 12.0 Å². The molecule has 1 amide bonds. The molecule has 0 fully saturated rings. The lowest BCUT2D eigenvalue weighted by Gasteiger charge is -2.16. The lowest BCUT2D eigenvalue weighted by atomic mass is 10.1. The highest BCUT2D eigenvalue weighted by molar-refractivity contribution is 6.30. The molecule has 2 aromatic rings. The van der Waals surface area contributed by atoms with Gasteiger partial charge in [-0.1, -0.05) is 17.7 Å². The Morgan fingerprint density at radius 2 is 1.92 bits per heavy atom. The van der Waals surface area contributed by atoms with Crippen molar-refractivity contribution in [2.75, 3.05) is 12.1 Å². The molecule has 0 aliphatic carbocycles. The molecule has 0 unspecified atom stereocenters. The van der Waals surface area contributed by atoms with E-state index in [4.69, 9.17) is 25.8 Å². The average molecular weight is 362 g/mol. The molecular formula is C18H16ClNO5. The Balaban J connectivity index is 1.77. The first-order valence-corrected chi connectivity index (χ1v) is 7.99. The van der Waals surface area contributed by atoms with Gasteiger partial charge < -0.3 is 19.5 Å². The van der Waals surface area contributed by atoms with Crippen LogP contribution in [-0.2, 0) is 4.79 Å². The van der Waals surface area contributed by atoms with Gasteiger partial charge in [0.2, 0.25) is 6.79 Å². The fourth-order valence-corrected chi connectivity index (χ4v) is 2.55. The van der Waals surface area contributed by atoms with Crippen LogP contribution in [0.4, 0.5) is 5.69 Å². The third-order valence-electron chi connectivity index (χ3n) is 3.63. The topological polar surface area (TPSA) is 73.9 Å². The number of benzene rings is 2. The van der Waals surface area contributed by atoms with Crippen LogP contribution in [0, 0.1) is 0 Å². The second-order valence-corrected chi connectivity index (χ2v) is 5.95. The fraction of sp³-hybridized carbons (Fsp3) is 0.222. The van der Waals surface area contributed by atoms with Crippen LogP contribution < -0.4 is 19.5 Å². The highest BCUT2D eigenvalue weighted by Crippen LogP contribution is 2.37. The van der Waals surface area contributed by atoms with E-state index in [0.29, 0.717) is 33.5 Å². The third-order valence-corrected chi connectivity index (χ3v) is 3.86. The van der Waals surface area contributed by atoms with Crippen molar-refractivity contribution in [2.24, 2.45) is 0 Å². The van der Waals surface area contributed by atoms with Crippen LogP contribution in [0.2, 0.25) is 5.02 Å². The molecule has 0 radical (unpaired) electrons. The summed E-state index contributed by atoms with van der Waals surface area (Å²) in [5.74, 6) is 0.834.